The molecule has 0 N–H and O–H groups in total. The van der Waals surface area contributed by atoms with E-state index in [1.165, 1.54) is 0 Å². The Balaban J connectivity index is 3.30. The Kier molecular flexibility index (Phi) is 2.14. The van der Waals surface area contributed by atoms with Crippen LogP contribution in [0.15, 0.2) is 22.8 Å². The third-order valence-electron chi connectivity index (χ3n) is 1.37. The summed E-state index contributed by atoms with van der Waals surface area (Å²) in [4.78, 5) is 0. The van der Waals surface area contributed by atoms with Gasteiger partial charge in [0.1, 0.15) is 5.03 Å². The van der Waals surface area contributed by atoms with Gasteiger partial charge in [-0.15, -0.1) is 0 Å². The zero-order valence-electron chi connectivity index (χ0n) is 5.72. The molecule has 0 aromatic rings. The third-order valence-corrected chi connectivity index (χ3v) is 1.77. The molecule has 0 saturated heterocycles. The van der Waals surface area contributed by atoms with Gasteiger partial charge in [-0.25, -0.2) is 8.78 Å². The van der Waals surface area contributed by atoms with E-state index in [0.717, 1.165) is 0 Å². The van der Waals surface area contributed by atoms with Gasteiger partial charge >= 0.3 is 11.8 Å². The second-order valence-corrected chi connectivity index (χ2v) is 2.70. The van der Waals surface area contributed by atoms with Crippen LogP contribution in [0.4, 0.5) is 26.3 Å². The molecule has 74 valence electrons. The third kappa shape index (κ3) is 1.43. The summed E-state index contributed by atoms with van der Waals surface area (Å²) in [5.74, 6) is -13.9. The molecule has 0 heterocycles. The van der Waals surface area contributed by atoms with Crippen molar-refractivity contribution in [1.29, 1.82) is 0 Å². The van der Waals surface area contributed by atoms with E-state index in [4.69, 9.17) is 0 Å². The first-order valence-electron chi connectivity index (χ1n) is 2.90. The second kappa shape index (κ2) is 2.67. The van der Waals surface area contributed by atoms with Gasteiger partial charge in [0.15, 0.2) is 11.7 Å². The SMILES string of the molecule is FC1=CC(F)(F)C(F)=C(Cl)C1(F)F. The Morgan fingerprint density at radius 3 is 2.00 bits per heavy atom. The Bertz CT molecular complexity index is 302. The van der Waals surface area contributed by atoms with E-state index < -0.39 is 34.6 Å². The highest BCUT2D eigenvalue weighted by molar-refractivity contribution is 6.31. The van der Waals surface area contributed by atoms with Crippen LogP contribution < -0.4 is 0 Å². The van der Waals surface area contributed by atoms with Crippen LogP contribution in [0.2, 0.25) is 0 Å². The monoisotopic (exact) mass is 222 g/mol. The molecule has 7 heteroatoms. The molecule has 0 fully saturated rings. The van der Waals surface area contributed by atoms with Crippen molar-refractivity contribution in [1.82, 2.24) is 0 Å². The lowest BCUT2D eigenvalue weighted by atomic mass is 10.1. The van der Waals surface area contributed by atoms with Crippen LogP contribution in [0.25, 0.3) is 0 Å². The molecule has 0 bridgehead atoms. The molecule has 0 spiro atoms. The summed E-state index contributed by atoms with van der Waals surface area (Å²) in [7, 11) is 0. The van der Waals surface area contributed by atoms with Crippen LogP contribution in [0.1, 0.15) is 0 Å². The predicted molar refractivity (Wildman–Crippen MR) is 33.1 cm³/mol. The minimum atomic E-state index is -4.49. The fourth-order valence-corrected chi connectivity index (χ4v) is 0.918. The smallest absolute Gasteiger partial charge is 0.205 e. The predicted octanol–water partition coefficient (Wildman–Crippen LogP) is 3.54. The second-order valence-electron chi connectivity index (χ2n) is 2.32. The quantitative estimate of drug-likeness (QED) is 0.550. The average molecular weight is 223 g/mol. The highest BCUT2D eigenvalue weighted by atomic mass is 35.5. The van der Waals surface area contributed by atoms with Crippen LogP contribution in [0, 0.1) is 0 Å². The molecule has 0 atom stereocenters. The molecule has 1 aliphatic rings. The fraction of sp³-hybridized carbons (Fsp3) is 0.333. The Morgan fingerprint density at radius 2 is 1.54 bits per heavy atom. The molecular formula is C6HClF6. The summed E-state index contributed by atoms with van der Waals surface area (Å²) >= 11 is 4.53. The number of alkyl halides is 4. The van der Waals surface area contributed by atoms with Gasteiger partial charge in [-0.1, -0.05) is 11.6 Å². The highest BCUT2D eigenvalue weighted by Crippen LogP contribution is 2.47. The maximum absolute atomic E-state index is 12.4. The average Bonchev–Trinajstić information content (AvgIpc) is 1.98. The lowest BCUT2D eigenvalue weighted by molar-refractivity contribution is 0.0142. The minimum absolute atomic E-state index is 0.797. The zero-order valence-corrected chi connectivity index (χ0v) is 6.48. The molecule has 0 radical (unpaired) electrons. The van der Waals surface area contributed by atoms with Crippen LogP contribution in [0.3, 0.4) is 0 Å². The maximum atomic E-state index is 12.4. The van der Waals surface area contributed by atoms with Gasteiger partial charge in [-0.2, -0.15) is 17.6 Å². The van der Waals surface area contributed by atoms with Gasteiger partial charge in [-0.3, -0.25) is 0 Å². The molecule has 0 aromatic heterocycles. The standard InChI is InChI=1S/C6HClF6/c7-3-4(9)5(10,11)1-2(8)6(3,12)13/h1H. The van der Waals surface area contributed by atoms with Crippen molar-refractivity contribution in [3.63, 3.8) is 0 Å². The Hall–Kier alpha value is -0.650. The van der Waals surface area contributed by atoms with Crippen LogP contribution in [0.5, 0.6) is 0 Å². The first-order valence-corrected chi connectivity index (χ1v) is 3.28. The van der Waals surface area contributed by atoms with Gasteiger partial charge in [0, 0.05) is 6.08 Å². The molecule has 13 heavy (non-hydrogen) atoms. The summed E-state index contributed by atoms with van der Waals surface area (Å²) in [5, 5.41) is -2.11. The minimum Gasteiger partial charge on any atom is -0.205 e. The number of halogens is 7. The fourth-order valence-electron chi connectivity index (χ4n) is 0.702. The summed E-state index contributed by atoms with van der Waals surface area (Å²) in [6, 6.07) is 0. The molecule has 0 saturated carbocycles. The molecule has 0 nitrogen and oxygen atoms in total. The topological polar surface area (TPSA) is 0 Å². The number of rotatable bonds is 0. The Labute approximate surface area is 73.5 Å². The normalized spacial score (nSPS) is 25.9. The maximum Gasteiger partial charge on any atom is 0.336 e. The summed E-state index contributed by atoms with van der Waals surface area (Å²) in [6.07, 6.45) is -0.797. The summed E-state index contributed by atoms with van der Waals surface area (Å²) < 4.78 is 73.9. The van der Waals surface area contributed by atoms with E-state index in [2.05, 4.69) is 11.6 Å². The molecule has 0 unspecified atom stereocenters. The largest absolute Gasteiger partial charge is 0.336 e. The van der Waals surface area contributed by atoms with E-state index in [1.807, 2.05) is 0 Å². The molecule has 0 aliphatic heterocycles. The van der Waals surface area contributed by atoms with Gasteiger partial charge in [-0.05, 0) is 0 Å². The van der Waals surface area contributed by atoms with E-state index >= 15 is 0 Å². The number of hydrogen-bond acceptors (Lipinski definition) is 0. The van der Waals surface area contributed by atoms with Gasteiger partial charge < -0.3 is 0 Å². The van der Waals surface area contributed by atoms with E-state index in [1.54, 1.807) is 0 Å². The first kappa shape index (κ1) is 10.4. The van der Waals surface area contributed by atoms with Gasteiger partial charge in [0.25, 0.3) is 0 Å². The van der Waals surface area contributed by atoms with Crippen molar-refractivity contribution in [2.24, 2.45) is 0 Å². The zero-order chi connectivity index (χ0) is 10.4. The Morgan fingerprint density at radius 1 is 1.08 bits per heavy atom. The molecule has 1 rings (SSSR count). The lowest BCUT2D eigenvalue weighted by Gasteiger charge is -2.22. The van der Waals surface area contributed by atoms with Crippen molar-refractivity contribution < 1.29 is 26.3 Å². The van der Waals surface area contributed by atoms with Crippen LogP contribution >= 0.6 is 11.6 Å². The van der Waals surface area contributed by atoms with Gasteiger partial charge in [0.05, 0.1) is 0 Å². The molecule has 0 aromatic carbocycles. The van der Waals surface area contributed by atoms with Crippen molar-refractivity contribution in [2.75, 3.05) is 0 Å². The van der Waals surface area contributed by atoms with Crippen molar-refractivity contribution in [3.05, 3.63) is 22.8 Å². The lowest BCUT2D eigenvalue weighted by Crippen LogP contribution is -2.30. The van der Waals surface area contributed by atoms with Crippen molar-refractivity contribution >= 4 is 11.6 Å². The van der Waals surface area contributed by atoms with Crippen molar-refractivity contribution in [3.8, 4) is 0 Å². The van der Waals surface area contributed by atoms with Crippen molar-refractivity contribution in [2.45, 2.75) is 11.8 Å². The molecular weight excluding hydrogens is 222 g/mol. The number of hydrogen-bond donors (Lipinski definition) is 0. The number of allylic oxidation sites excluding steroid dienone is 4. The van der Waals surface area contributed by atoms with Gasteiger partial charge in [0.2, 0.25) is 0 Å². The molecule has 1 aliphatic carbocycles. The van der Waals surface area contributed by atoms with E-state index in [9.17, 15) is 26.3 Å². The van der Waals surface area contributed by atoms with E-state index in [0.29, 0.717) is 0 Å². The molecule has 0 amide bonds. The van der Waals surface area contributed by atoms with Crippen LogP contribution in [-0.4, -0.2) is 11.8 Å². The summed E-state index contributed by atoms with van der Waals surface area (Å²) in [6.45, 7) is 0. The summed E-state index contributed by atoms with van der Waals surface area (Å²) in [5.41, 5.74) is 0. The first-order chi connectivity index (χ1) is 5.69. The van der Waals surface area contributed by atoms with E-state index in [-0.39, 0.29) is 0 Å². The van der Waals surface area contributed by atoms with Crippen LogP contribution in [-0.2, 0) is 0 Å². The highest BCUT2D eigenvalue weighted by Gasteiger charge is 2.53.